The lowest BCUT2D eigenvalue weighted by atomic mass is 10.1. The second-order valence-corrected chi connectivity index (χ2v) is 10.4. The van der Waals surface area contributed by atoms with Crippen molar-refractivity contribution in [2.24, 2.45) is 0 Å². The van der Waals surface area contributed by atoms with Crippen LogP contribution in [-0.4, -0.2) is 38.4 Å². The van der Waals surface area contributed by atoms with E-state index in [4.69, 9.17) is 13.9 Å². The molecule has 0 saturated carbocycles. The van der Waals surface area contributed by atoms with Crippen molar-refractivity contribution in [3.8, 4) is 16.5 Å². The summed E-state index contributed by atoms with van der Waals surface area (Å²) in [5.74, 6) is -0.418. The standard InChI is InChI=1S/C26H29N3O7S/c1-14(2)36-18(16-9-7-8-10-17(16)34-6)13-28-23-19(15(3)20(37-23)21-27-11-12-35-21)22(30)29(25(28)33)26(4,5)24(31)32/h7-12,14,18H,13H2,1-6H3,(H,31,32)/t18-/m1/s1. The molecule has 37 heavy (non-hydrogen) atoms. The van der Waals surface area contributed by atoms with Crippen molar-refractivity contribution >= 4 is 27.5 Å². The van der Waals surface area contributed by atoms with E-state index in [1.54, 1.807) is 20.1 Å². The van der Waals surface area contributed by atoms with Gasteiger partial charge in [-0.3, -0.25) is 9.36 Å². The number of nitrogens with zero attached hydrogens (tertiary/aromatic N) is 3. The van der Waals surface area contributed by atoms with Gasteiger partial charge in [0.2, 0.25) is 5.89 Å². The molecular weight excluding hydrogens is 498 g/mol. The van der Waals surface area contributed by atoms with Crippen molar-refractivity contribution in [1.82, 2.24) is 14.1 Å². The lowest BCUT2D eigenvalue weighted by molar-refractivity contribution is -0.146. The molecule has 196 valence electrons. The maximum atomic E-state index is 13.9. The zero-order valence-electron chi connectivity index (χ0n) is 21.5. The van der Waals surface area contributed by atoms with Crippen molar-refractivity contribution in [2.75, 3.05) is 7.11 Å². The van der Waals surface area contributed by atoms with E-state index >= 15 is 0 Å². The summed E-state index contributed by atoms with van der Waals surface area (Å²) in [5, 5.41) is 10.1. The van der Waals surface area contributed by atoms with Crippen molar-refractivity contribution in [1.29, 1.82) is 0 Å². The average Bonchev–Trinajstić information content (AvgIpc) is 3.48. The van der Waals surface area contributed by atoms with Crippen molar-refractivity contribution in [3.63, 3.8) is 0 Å². The number of aliphatic carboxylic acids is 1. The van der Waals surface area contributed by atoms with Gasteiger partial charge >= 0.3 is 11.7 Å². The van der Waals surface area contributed by atoms with Gasteiger partial charge < -0.3 is 19.0 Å². The highest BCUT2D eigenvalue weighted by Crippen LogP contribution is 2.37. The highest BCUT2D eigenvalue weighted by Gasteiger charge is 2.36. The number of rotatable bonds is 9. The van der Waals surface area contributed by atoms with E-state index in [-0.39, 0.29) is 18.0 Å². The molecule has 0 aliphatic heterocycles. The Morgan fingerprint density at radius 1 is 1.24 bits per heavy atom. The van der Waals surface area contributed by atoms with Gasteiger partial charge in [-0.25, -0.2) is 19.1 Å². The fourth-order valence-electron chi connectivity index (χ4n) is 4.28. The van der Waals surface area contributed by atoms with E-state index in [0.29, 0.717) is 26.9 Å². The number of hydrogen-bond acceptors (Lipinski definition) is 8. The largest absolute Gasteiger partial charge is 0.496 e. The highest BCUT2D eigenvalue weighted by molar-refractivity contribution is 7.22. The zero-order valence-corrected chi connectivity index (χ0v) is 22.3. The molecule has 1 atom stereocenters. The molecule has 0 aliphatic carbocycles. The van der Waals surface area contributed by atoms with E-state index in [1.165, 1.54) is 42.2 Å². The molecule has 4 rings (SSSR count). The molecule has 0 saturated heterocycles. The van der Waals surface area contributed by atoms with Crippen molar-refractivity contribution in [2.45, 2.75) is 58.9 Å². The molecule has 10 nitrogen and oxygen atoms in total. The number of ether oxygens (including phenoxy) is 2. The molecule has 4 aromatic rings. The Bertz CT molecular complexity index is 1560. The quantitative estimate of drug-likeness (QED) is 0.344. The van der Waals surface area contributed by atoms with Gasteiger partial charge in [0.1, 0.15) is 28.5 Å². The van der Waals surface area contributed by atoms with Gasteiger partial charge in [-0.15, -0.1) is 11.3 Å². The van der Waals surface area contributed by atoms with Crippen LogP contribution in [0.25, 0.3) is 21.0 Å². The molecule has 0 radical (unpaired) electrons. The first kappa shape index (κ1) is 26.4. The van der Waals surface area contributed by atoms with Crippen LogP contribution in [0, 0.1) is 6.92 Å². The average molecular weight is 528 g/mol. The first-order valence-corrected chi connectivity index (χ1v) is 12.5. The Balaban J connectivity index is 2.06. The second kappa shape index (κ2) is 9.98. The summed E-state index contributed by atoms with van der Waals surface area (Å²) in [7, 11) is 1.55. The SMILES string of the molecule is COc1ccccc1[C@@H](Cn1c(=O)n(C(C)(C)C(=O)O)c(=O)c2c(C)c(-c3ncco3)sc21)OC(C)C. The second-order valence-electron chi connectivity index (χ2n) is 9.39. The molecule has 1 N–H and O–H groups in total. The van der Waals surface area contributed by atoms with E-state index in [9.17, 15) is 19.5 Å². The lowest BCUT2D eigenvalue weighted by Crippen LogP contribution is -2.52. The van der Waals surface area contributed by atoms with Gasteiger partial charge in [-0.2, -0.15) is 0 Å². The van der Waals surface area contributed by atoms with Crippen LogP contribution in [0.15, 0.2) is 50.7 Å². The van der Waals surface area contributed by atoms with Gasteiger partial charge in [-0.1, -0.05) is 18.2 Å². The Morgan fingerprint density at radius 2 is 1.95 bits per heavy atom. The number of benzene rings is 1. The van der Waals surface area contributed by atoms with Crippen LogP contribution in [-0.2, 0) is 21.6 Å². The number of carbonyl (C=O) groups is 1. The number of aryl methyl sites for hydroxylation is 1. The predicted octanol–water partition coefficient (Wildman–Crippen LogP) is 4.18. The molecule has 0 unspecified atom stereocenters. The van der Waals surface area contributed by atoms with Crippen LogP contribution in [0.4, 0.5) is 0 Å². The molecule has 11 heteroatoms. The van der Waals surface area contributed by atoms with Crippen LogP contribution in [0.1, 0.15) is 44.9 Å². The number of para-hydroxylation sites is 1. The first-order chi connectivity index (χ1) is 17.5. The fraction of sp³-hybridized carbons (Fsp3) is 0.385. The summed E-state index contributed by atoms with van der Waals surface area (Å²) in [6.07, 6.45) is 2.08. The van der Waals surface area contributed by atoms with E-state index in [2.05, 4.69) is 4.98 Å². The fourth-order valence-corrected chi connectivity index (χ4v) is 5.52. The van der Waals surface area contributed by atoms with E-state index in [0.717, 1.165) is 10.1 Å². The molecule has 3 aromatic heterocycles. The molecule has 0 fully saturated rings. The number of carboxylic acid groups (broad SMARTS) is 1. The number of methoxy groups -OCH3 is 1. The minimum absolute atomic E-state index is 0.00877. The van der Waals surface area contributed by atoms with Crippen LogP contribution in [0.3, 0.4) is 0 Å². The number of thiophene rings is 1. The maximum Gasteiger partial charge on any atom is 0.333 e. The first-order valence-electron chi connectivity index (χ1n) is 11.7. The summed E-state index contributed by atoms with van der Waals surface area (Å²) < 4.78 is 19.5. The van der Waals surface area contributed by atoms with E-state index < -0.39 is 28.9 Å². The summed E-state index contributed by atoms with van der Waals surface area (Å²) in [6, 6.07) is 7.33. The molecule has 0 bridgehead atoms. The summed E-state index contributed by atoms with van der Waals surface area (Å²) >= 11 is 1.19. The van der Waals surface area contributed by atoms with E-state index in [1.807, 2.05) is 32.0 Å². The molecule has 0 spiro atoms. The number of carboxylic acids is 1. The highest BCUT2D eigenvalue weighted by atomic mass is 32.1. The van der Waals surface area contributed by atoms with Crippen LogP contribution in [0.2, 0.25) is 0 Å². The van der Waals surface area contributed by atoms with Gasteiger partial charge in [0.25, 0.3) is 5.56 Å². The third-order valence-electron chi connectivity index (χ3n) is 6.19. The van der Waals surface area contributed by atoms with Crippen LogP contribution in [0.5, 0.6) is 5.75 Å². The maximum absolute atomic E-state index is 13.9. The predicted molar refractivity (Wildman–Crippen MR) is 139 cm³/mol. The molecule has 1 aromatic carbocycles. The van der Waals surface area contributed by atoms with Crippen LogP contribution >= 0.6 is 11.3 Å². The number of oxazole rings is 1. The van der Waals surface area contributed by atoms with Gasteiger partial charge in [0, 0.05) is 5.56 Å². The molecular formula is C26H29N3O7S. The van der Waals surface area contributed by atoms with Crippen molar-refractivity contribution in [3.05, 3.63) is 68.7 Å². The van der Waals surface area contributed by atoms with Gasteiger partial charge in [0.05, 0.1) is 36.2 Å². The minimum Gasteiger partial charge on any atom is -0.496 e. The molecule has 0 amide bonds. The summed E-state index contributed by atoms with van der Waals surface area (Å²) in [5.41, 5.74) is -1.98. The topological polar surface area (TPSA) is 126 Å². The van der Waals surface area contributed by atoms with Gasteiger partial charge in [-0.05, 0) is 46.2 Å². The Hall–Kier alpha value is -3.70. The summed E-state index contributed by atoms with van der Waals surface area (Å²) in [6.45, 7) is 8.15. The number of fused-ring (bicyclic) bond motifs is 1. The van der Waals surface area contributed by atoms with Crippen LogP contribution < -0.4 is 16.0 Å². The lowest BCUT2D eigenvalue weighted by Gasteiger charge is -2.26. The number of hydrogen-bond donors (Lipinski definition) is 1. The van der Waals surface area contributed by atoms with Gasteiger partial charge in [0.15, 0.2) is 0 Å². The van der Waals surface area contributed by atoms with Crippen molar-refractivity contribution < 1.29 is 23.8 Å². The Labute approximate surface area is 216 Å². The smallest absolute Gasteiger partial charge is 0.333 e. The number of aromatic nitrogens is 3. The Morgan fingerprint density at radius 3 is 2.54 bits per heavy atom. The third-order valence-corrected chi connectivity index (χ3v) is 7.49. The molecule has 3 heterocycles. The summed E-state index contributed by atoms with van der Waals surface area (Å²) in [4.78, 5) is 44.9. The Kier molecular flexibility index (Phi) is 7.11. The third kappa shape index (κ3) is 4.60. The minimum atomic E-state index is -1.81. The normalized spacial score (nSPS) is 12.8. The monoisotopic (exact) mass is 527 g/mol. The zero-order chi connectivity index (χ0) is 27.1. The molecule has 0 aliphatic rings.